The van der Waals surface area contributed by atoms with Gasteiger partial charge in [-0.1, -0.05) is 30.5 Å². The molecule has 18 heavy (non-hydrogen) atoms. The largest absolute Gasteiger partial charge is 0.325 e. The van der Waals surface area contributed by atoms with Gasteiger partial charge in [-0.05, 0) is 37.5 Å². The number of anilines is 1. The number of benzene rings is 1. The molecule has 1 aliphatic carbocycles. The predicted octanol–water partition coefficient (Wildman–Crippen LogP) is 2.82. The van der Waals surface area contributed by atoms with Gasteiger partial charge in [0.15, 0.2) is 0 Å². The molecule has 0 aliphatic heterocycles. The maximum Gasteiger partial charge on any atom is 0.210 e. The van der Waals surface area contributed by atoms with Crippen molar-refractivity contribution in [2.24, 2.45) is 10.8 Å². The molecule has 5 heteroatoms. The first kappa shape index (κ1) is 13.2. The van der Waals surface area contributed by atoms with E-state index in [4.69, 9.17) is 17.4 Å². The van der Waals surface area contributed by atoms with E-state index >= 15 is 0 Å². The number of hydrogen-bond donors (Lipinski definition) is 3. The number of rotatable bonds is 2. The molecule has 1 aliphatic rings. The molecule has 1 saturated carbocycles. The fraction of sp³-hybridized carbons (Fsp3) is 0.462. The first-order valence-corrected chi connectivity index (χ1v) is 6.65. The smallest absolute Gasteiger partial charge is 0.210 e. The molecule has 0 saturated heterocycles. The van der Waals surface area contributed by atoms with E-state index in [1.54, 1.807) is 0 Å². The molecule has 1 aromatic carbocycles. The monoisotopic (exact) mass is 266 g/mol. The summed E-state index contributed by atoms with van der Waals surface area (Å²) in [7, 11) is 0. The van der Waals surface area contributed by atoms with Gasteiger partial charge < -0.3 is 5.32 Å². The van der Waals surface area contributed by atoms with Crippen molar-refractivity contribution in [3.63, 3.8) is 0 Å². The lowest BCUT2D eigenvalue weighted by atomic mass is 10.2. The number of nitrogens with one attached hydrogen (secondary N) is 2. The second-order valence-electron chi connectivity index (χ2n) is 4.60. The van der Waals surface area contributed by atoms with Crippen molar-refractivity contribution in [1.82, 2.24) is 5.43 Å². The van der Waals surface area contributed by atoms with Gasteiger partial charge in [0.05, 0.1) is 6.04 Å². The molecule has 4 nitrogen and oxygen atoms in total. The Balaban J connectivity index is 2.12. The Morgan fingerprint density at radius 3 is 2.78 bits per heavy atom. The Labute approximate surface area is 113 Å². The van der Waals surface area contributed by atoms with Gasteiger partial charge in [-0.3, -0.25) is 5.43 Å². The average molecular weight is 267 g/mol. The maximum atomic E-state index is 6.08. The van der Waals surface area contributed by atoms with Crippen molar-refractivity contribution in [1.29, 1.82) is 0 Å². The van der Waals surface area contributed by atoms with Gasteiger partial charge in [0.2, 0.25) is 5.96 Å². The normalized spacial score (nSPS) is 16.9. The minimum absolute atomic E-state index is 0.378. The van der Waals surface area contributed by atoms with Crippen LogP contribution in [0, 0.1) is 6.92 Å². The van der Waals surface area contributed by atoms with E-state index in [0.717, 1.165) is 29.1 Å². The Morgan fingerprint density at radius 1 is 1.39 bits per heavy atom. The first-order chi connectivity index (χ1) is 8.70. The number of nitrogens with zero attached hydrogens (tertiary/aromatic N) is 1. The third-order valence-electron chi connectivity index (χ3n) is 3.29. The minimum Gasteiger partial charge on any atom is -0.325 e. The van der Waals surface area contributed by atoms with Crippen molar-refractivity contribution in [2.45, 2.75) is 38.6 Å². The Morgan fingerprint density at radius 2 is 2.11 bits per heavy atom. The summed E-state index contributed by atoms with van der Waals surface area (Å²) in [6, 6.07) is 6.11. The van der Waals surface area contributed by atoms with E-state index in [1.807, 2.05) is 25.1 Å². The molecule has 0 unspecified atom stereocenters. The van der Waals surface area contributed by atoms with Gasteiger partial charge in [-0.2, -0.15) is 0 Å². The highest BCUT2D eigenvalue weighted by Crippen LogP contribution is 2.24. The molecule has 98 valence electrons. The standard InChI is InChI=1S/C13H19ClN4/c1-9-11(14)7-4-8-12(9)17-13(18-15)16-10-5-2-3-6-10/h4,7-8,10H,2-3,5-6,15H2,1H3,(H2,16,17,18). The summed E-state index contributed by atoms with van der Waals surface area (Å²) < 4.78 is 0. The van der Waals surface area contributed by atoms with Gasteiger partial charge in [0.25, 0.3) is 0 Å². The summed E-state index contributed by atoms with van der Waals surface area (Å²) in [5.41, 5.74) is 4.54. The molecule has 1 fully saturated rings. The Hall–Kier alpha value is -1.26. The molecular formula is C13H19ClN4. The maximum absolute atomic E-state index is 6.08. The number of guanidine groups is 1. The van der Waals surface area contributed by atoms with Crippen LogP contribution in [-0.4, -0.2) is 12.0 Å². The van der Waals surface area contributed by atoms with Crippen LogP contribution in [0.5, 0.6) is 0 Å². The first-order valence-electron chi connectivity index (χ1n) is 6.27. The van der Waals surface area contributed by atoms with Crippen LogP contribution in [0.3, 0.4) is 0 Å². The van der Waals surface area contributed by atoms with E-state index in [2.05, 4.69) is 15.7 Å². The zero-order valence-electron chi connectivity index (χ0n) is 10.5. The summed E-state index contributed by atoms with van der Waals surface area (Å²) in [6.45, 7) is 1.97. The predicted molar refractivity (Wildman–Crippen MR) is 76.8 cm³/mol. The summed E-state index contributed by atoms with van der Waals surface area (Å²) in [6.07, 6.45) is 4.78. The number of nitrogens with two attached hydrogens (primary N) is 1. The highest BCUT2D eigenvalue weighted by Gasteiger charge is 2.14. The Bertz CT molecular complexity index is 439. The lowest BCUT2D eigenvalue weighted by Crippen LogP contribution is -2.37. The summed E-state index contributed by atoms with van der Waals surface area (Å²) >= 11 is 6.08. The second-order valence-corrected chi connectivity index (χ2v) is 5.00. The Kier molecular flexibility index (Phi) is 4.44. The van der Waals surface area contributed by atoms with Crippen molar-refractivity contribution < 1.29 is 0 Å². The molecular weight excluding hydrogens is 248 g/mol. The fourth-order valence-corrected chi connectivity index (χ4v) is 2.37. The van der Waals surface area contributed by atoms with Gasteiger partial charge >= 0.3 is 0 Å². The average Bonchev–Trinajstić information content (AvgIpc) is 2.86. The molecule has 0 heterocycles. The third kappa shape index (κ3) is 3.15. The minimum atomic E-state index is 0.378. The van der Waals surface area contributed by atoms with Gasteiger partial charge in [-0.15, -0.1) is 0 Å². The molecule has 0 spiro atoms. The lowest BCUT2D eigenvalue weighted by Gasteiger charge is -2.14. The molecule has 0 radical (unpaired) electrons. The van der Waals surface area contributed by atoms with Crippen molar-refractivity contribution in [3.05, 3.63) is 28.8 Å². The fourth-order valence-electron chi connectivity index (χ4n) is 2.19. The molecule has 0 bridgehead atoms. The van der Waals surface area contributed by atoms with Crippen molar-refractivity contribution >= 4 is 23.2 Å². The van der Waals surface area contributed by atoms with Crippen LogP contribution in [0.25, 0.3) is 0 Å². The molecule has 2 rings (SSSR count). The molecule has 1 aromatic rings. The quantitative estimate of drug-likeness (QED) is 0.334. The lowest BCUT2D eigenvalue weighted by molar-refractivity contribution is 0.700. The zero-order valence-corrected chi connectivity index (χ0v) is 11.3. The third-order valence-corrected chi connectivity index (χ3v) is 3.70. The van der Waals surface area contributed by atoms with E-state index in [0.29, 0.717) is 12.0 Å². The molecule has 4 N–H and O–H groups in total. The summed E-state index contributed by atoms with van der Waals surface area (Å²) in [4.78, 5) is 4.59. The van der Waals surface area contributed by atoms with Crippen LogP contribution < -0.4 is 16.6 Å². The van der Waals surface area contributed by atoms with Gasteiger partial charge in [0.1, 0.15) is 0 Å². The van der Waals surface area contributed by atoms with Crippen molar-refractivity contribution in [2.75, 3.05) is 5.32 Å². The SMILES string of the molecule is Cc1c(Cl)cccc1NC(=NC1CCCC1)NN. The van der Waals surface area contributed by atoms with Crippen LogP contribution in [0.2, 0.25) is 5.02 Å². The van der Waals surface area contributed by atoms with Crippen LogP contribution in [0.4, 0.5) is 5.69 Å². The van der Waals surface area contributed by atoms with E-state index < -0.39 is 0 Å². The van der Waals surface area contributed by atoms with Crippen LogP contribution in [0.1, 0.15) is 31.2 Å². The van der Waals surface area contributed by atoms with Crippen LogP contribution in [0.15, 0.2) is 23.2 Å². The van der Waals surface area contributed by atoms with E-state index in [-0.39, 0.29) is 0 Å². The van der Waals surface area contributed by atoms with Crippen molar-refractivity contribution in [3.8, 4) is 0 Å². The van der Waals surface area contributed by atoms with Gasteiger partial charge in [0, 0.05) is 10.7 Å². The van der Waals surface area contributed by atoms with E-state index in [9.17, 15) is 0 Å². The highest BCUT2D eigenvalue weighted by molar-refractivity contribution is 6.31. The number of hydrazine groups is 1. The number of halogens is 1. The van der Waals surface area contributed by atoms with E-state index in [1.165, 1.54) is 12.8 Å². The molecule has 0 atom stereocenters. The second kappa shape index (κ2) is 6.07. The number of aliphatic imine (C=N–C) groups is 1. The number of hydrogen-bond acceptors (Lipinski definition) is 2. The summed E-state index contributed by atoms with van der Waals surface area (Å²) in [5.74, 6) is 6.11. The topological polar surface area (TPSA) is 62.4 Å². The highest BCUT2D eigenvalue weighted by atomic mass is 35.5. The van der Waals surface area contributed by atoms with Crippen LogP contribution >= 0.6 is 11.6 Å². The van der Waals surface area contributed by atoms with Gasteiger partial charge in [-0.25, -0.2) is 10.8 Å². The van der Waals surface area contributed by atoms with Crippen LogP contribution in [-0.2, 0) is 0 Å². The zero-order chi connectivity index (χ0) is 13.0. The summed E-state index contributed by atoms with van der Waals surface area (Å²) in [5, 5.41) is 3.93. The molecule has 0 aromatic heterocycles. The molecule has 0 amide bonds.